The largest absolute Gasteiger partial charge is 0.416 e. The fourth-order valence-corrected chi connectivity index (χ4v) is 2.16. The second kappa shape index (κ2) is 7.79. The molecule has 0 fully saturated rings. The summed E-state index contributed by atoms with van der Waals surface area (Å²) in [4.78, 5) is 35.7. The van der Waals surface area contributed by atoms with Gasteiger partial charge in [-0.05, 0) is 17.7 Å². The molecule has 0 saturated heterocycles. The van der Waals surface area contributed by atoms with Crippen LogP contribution in [0, 0.1) is 0 Å². The van der Waals surface area contributed by atoms with Gasteiger partial charge in [-0.25, -0.2) is 15.3 Å². The fourth-order valence-electron chi connectivity index (χ4n) is 1.54. The molecule has 0 aliphatic rings. The van der Waals surface area contributed by atoms with Gasteiger partial charge in [0, 0.05) is 0 Å². The maximum atomic E-state index is 12.4. The van der Waals surface area contributed by atoms with Gasteiger partial charge in [0.1, 0.15) is 0 Å². The Morgan fingerprint density at radius 3 is 2.56 bits per heavy atom. The smallest absolute Gasteiger partial charge is 0.272 e. The monoisotopic (exact) mass is 373 g/mol. The lowest BCUT2D eigenvalue weighted by Crippen LogP contribution is -2.26. The number of nitrogens with one attached hydrogen (secondary N) is 3. The van der Waals surface area contributed by atoms with E-state index in [4.69, 9.17) is 0 Å². The predicted octanol–water partition coefficient (Wildman–Crippen LogP) is 0.719. The highest BCUT2D eigenvalue weighted by Crippen LogP contribution is 2.28. The average molecular weight is 373 g/mol. The zero-order valence-corrected chi connectivity index (χ0v) is 13.1. The lowest BCUT2D eigenvalue weighted by molar-refractivity contribution is -0.137. The Kier molecular flexibility index (Phi) is 5.75. The third-order valence-corrected chi connectivity index (χ3v) is 3.62. The number of alkyl halides is 3. The number of amides is 1. The highest BCUT2D eigenvalue weighted by Gasteiger charge is 2.29. The molecule has 0 saturated carbocycles. The Bertz CT molecular complexity index is 889. The summed E-state index contributed by atoms with van der Waals surface area (Å²) in [6.45, 7) is 0. The highest BCUT2D eigenvalue weighted by molar-refractivity contribution is 7.99. The number of halogens is 3. The Balaban J connectivity index is 1.86. The third-order valence-electron chi connectivity index (χ3n) is 2.66. The van der Waals surface area contributed by atoms with Gasteiger partial charge >= 0.3 is 11.9 Å². The number of carbonyl (C=O) groups excluding carboxylic acids is 1. The Hall–Kier alpha value is -2.89. The van der Waals surface area contributed by atoms with Gasteiger partial charge in [-0.3, -0.25) is 14.6 Å². The van der Waals surface area contributed by atoms with E-state index in [0.717, 1.165) is 23.9 Å². The van der Waals surface area contributed by atoms with E-state index in [2.05, 4.69) is 15.6 Å². The Morgan fingerprint density at radius 1 is 1.28 bits per heavy atom. The Labute approximate surface area is 141 Å². The zero-order chi connectivity index (χ0) is 18.4. The van der Waals surface area contributed by atoms with E-state index in [9.17, 15) is 27.6 Å². The molecule has 2 rings (SSSR count). The van der Waals surface area contributed by atoms with Crippen molar-refractivity contribution in [1.82, 2.24) is 20.6 Å². The van der Waals surface area contributed by atoms with Crippen LogP contribution < -0.4 is 16.7 Å². The van der Waals surface area contributed by atoms with E-state index >= 15 is 0 Å². The molecule has 0 aliphatic heterocycles. The van der Waals surface area contributed by atoms with Crippen molar-refractivity contribution in [3.05, 3.63) is 56.2 Å². The molecule has 0 aliphatic carbocycles. The summed E-state index contributed by atoms with van der Waals surface area (Å²) < 4.78 is 37.2. The molecule has 1 aromatic carbocycles. The van der Waals surface area contributed by atoms with Crippen LogP contribution in [0.25, 0.3) is 0 Å². The molecule has 8 nitrogen and oxygen atoms in total. The van der Waals surface area contributed by atoms with E-state index in [-0.39, 0.29) is 10.8 Å². The summed E-state index contributed by atoms with van der Waals surface area (Å²) >= 11 is 0.779. The standard InChI is InChI=1S/C13H10F3N5O3S/c14-13(15,16)8-3-1-7(2-4-8)5-17-19-9(22)6-25-11-10(23)18-12(24)21-20-11/h1-5H,6H2,(H,19,22)(H2,18,21,23,24). The summed E-state index contributed by atoms with van der Waals surface area (Å²) in [5, 5.41) is 9.00. The van der Waals surface area contributed by atoms with Gasteiger partial charge in [0.2, 0.25) is 5.91 Å². The average Bonchev–Trinajstić information content (AvgIpc) is 2.53. The van der Waals surface area contributed by atoms with Gasteiger partial charge in [0.05, 0.1) is 17.5 Å². The van der Waals surface area contributed by atoms with Gasteiger partial charge in [0.15, 0.2) is 5.03 Å². The lowest BCUT2D eigenvalue weighted by Gasteiger charge is -2.05. The molecular weight excluding hydrogens is 363 g/mol. The maximum absolute atomic E-state index is 12.4. The van der Waals surface area contributed by atoms with Crippen LogP contribution in [-0.4, -0.2) is 33.1 Å². The molecule has 3 N–H and O–H groups in total. The van der Waals surface area contributed by atoms with Crippen LogP contribution in [0.2, 0.25) is 0 Å². The van der Waals surface area contributed by atoms with Crippen molar-refractivity contribution in [2.45, 2.75) is 11.2 Å². The number of H-pyrrole nitrogens is 2. The van der Waals surface area contributed by atoms with Crippen LogP contribution in [0.1, 0.15) is 11.1 Å². The number of hydrogen-bond acceptors (Lipinski definition) is 6. The van der Waals surface area contributed by atoms with Gasteiger partial charge in [-0.15, -0.1) is 0 Å². The van der Waals surface area contributed by atoms with Gasteiger partial charge < -0.3 is 0 Å². The topological polar surface area (TPSA) is 120 Å². The molecule has 2 aromatic rings. The van der Waals surface area contributed by atoms with Crippen molar-refractivity contribution in [2.75, 3.05) is 5.75 Å². The van der Waals surface area contributed by atoms with E-state index in [1.54, 1.807) is 0 Å². The lowest BCUT2D eigenvalue weighted by atomic mass is 10.1. The second-order valence-electron chi connectivity index (χ2n) is 4.51. The Morgan fingerprint density at radius 2 is 1.96 bits per heavy atom. The fraction of sp³-hybridized carbons (Fsp3) is 0.154. The van der Waals surface area contributed by atoms with Crippen LogP contribution in [-0.2, 0) is 11.0 Å². The van der Waals surface area contributed by atoms with Crippen LogP contribution in [0.15, 0.2) is 44.0 Å². The summed E-state index contributed by atoms with van der Waals surface area (Å²) in [5.41, 5.74) is 0.234. The number of hydrazone groups is 1. The van der Waals surface area contributed by atoms with E-state index < -0.39 is 28.9 Å². The minimum absolute atomic E-state index is 0.0959. The molecule has 1 heterocycles. The molecule has 1 amide bonds. The number of aromatic nitrogens is 3. The van der Waals surface area contributed by atoms with Gasteiger partial charge in [-0.1, -0.05) is 23.9 Å². The summed E-state index contributed by atoms with van der Waals surface area (Å²) in [7, 11) is 0. The van der Waals surface area contributed by atoms with Crippen LogP contribution in [0.5, 0.6) is 0 Å². The minimum Gasteiger partial charge on any atom is -0.272 e. The molecular formula is C13H10F3N5O3S. The zero-order valence-electron chi connectivity index (χ0n) is 12.3. The van der Waals surface area contributed by atoms with Crippen molar-refractivity contribution in [3.63, 3.8) is 0 Å². The third kappa shape index (κ3) is 5.60. The van der Waals surface area contributed by atoms with Gasteiger partial charge in [0.25, 0.3) is 5.56 Å². The molecule has 25 heavy (non-hydrogen) atoms. The number of benzene rings is 1. The van der Waals surface area contributed by atoms with Crippen molar-refractivity contribution < 1.29 is 18.0 Å². The van der Waals surface area contributed by atoms with Gasteiger partial charge in [-0.2, -0.15) is 23.4 Å². The van der Waals surface area contributed by atoms with E-state index in [1.165, 1.54) is 18.3 Å². The molecule has 0 unspecified atom stereocenters. The molecule has 0 atom stereocenters. The van der Waals surface area contributed by atoms with Crippen molar-refractivity contribution >= 4 is 23.9 Å². The van der Waals surface area contributed by atoms with Crippen molar-refractivity contribution in [3.8, 4) is 0 Å². The maximum Gasteiger partial charge on any atom is 0.416 e. The SMILES string of the molecule is O=C(CSc1n[nH]c(=O)[nH]c1=O)NN=Cc1ccc(C(F)(F)F)cc1. The molecule has 12 heteroatoms. The quantitative estimate of drug-likeness (QED) is 0.405. The van der Waals surface area contributed by atoms with E-state index in [0.29, 0.717) is 5.56 Å². The number of hydrogen-bond donors (Lipinski definition) is 3. The molecule has 0 bridgehead atoms. The number of thioether (sulfide) groups is 1. The summed E-state index contributed by atoms with van der Waals surface area (Å²) in [6.07, 6.45) is -3.25. The summed E-state index contributed by atoms with van der Waals surface area (Å²) in [6, 6.07) is 4.20. The number of nitrogens with zero attached hydrogens (tertiary/aromatic N) is 2. The molecule has 132 valence electrons. The normalized spacial score (nSPS) is 11.6. The van der Waals surface area contributed by atoms with Crippen LogP contribution in [0.3, 0.4) is 0 Å². The van der Waals surface area contributed by atoms with E-state index in [1.807, 2.05) is 10.1 Å². The van der Waals surface area contributed by atoms with Crippen LogP contribution in [0.4, 0.5) is 13.2 Å². The summed E-state index contributed by atoms with van der Waals surface area (Å²) in [5.74, 6) is -0.771. The molecule has 1 aromatic heterocycles. The first-order chi connectivity index (χ1) is 11.8. The first-order valence-corrected chi connectivity index (χ1v) is 7.55. The highest BCUT2D eigenvalue weighted by atomic mass is 32.2. The molecule has 0 radical (unpaired) electrons. The second-order valence-corrected chi connectivity index (χ2v) is 5.48. The predicted molar refractivity (Wildman–Crippen MR) is 83.4 cm³/mol. The first-order valence-electron chi connectivity index (χ1n) is 6.56. The van der Waals surface area contributed by atoms with Crippen molar-refractivity contribution in [2.24, 2.45) is 5.10 Å². The number of carbonyl (C=O) groups is 1. The van der Waals surface area contributed by atoms with Crippen LogP contribution >= 0.6 is 11.8 Å². The molecule has 0 spiro atoms. The minimum atomic E-state index is -4.42. The number of aromatic amines is 2. The first kappa shape index (κ1) is 18.4. The number of rotatable bonds is 5. The van der Waals surface area contributed by atoms with Crippen molar-refractivity contribution in [1.29, 1.82) is 0 Å².